The van der Waals surface area contributed by atoms with Gasteiger partial charge in [-0.05, 0) is 19.1 Å². The fourth-order valence-electron chi connectivity index (χ4n) is 1.87. The van der Waals surface area contributed by atoms with Crippen LogP contribution in [-0.2, 0) is 4.79 Å². The molecular weight excluding hydrogens is 234 g/mol. The predicted molar refractivity (Wildman–Crippen MR) is 65.7 cm³/mol. The van der Waals surface area contributed by atoms with E-state index in [-0.39, 0.29) is 19.1 Å². The number of carbonyl (C=O) groups is 1. The maximum Gasteiger partial charge on any atom is 0.267 e. The molecule has 0 radical (unpaired) electrons. The van der Waals surface area contributed by atoms with Gasteiger partial charge in [0.25, 0.3) is 5.91 Å². The molecule has 0 spiro atoms. The minimum Gasteiger partial charge on any atom is -0.485 e. The van der Waals surface area contributed by atoms with Gasteiger partial charge in [0.05, 0.1) is 6.10 Å². The summed E-state index contributed by atoms with van der Waals surface area (Å²) < 4.78 is 11.1. The second-order valence-electron chi connectivity index (χ2n) is 4.43. The molecule has 0 aliphatic carbocycles. The molecule has 1 aromatic carbocycles. The molecule has 2 atom stereocenters. The molecule has 5 heteroatoms. The number of para-hydroxylation sites is 2. The van der Waals surface area contributed by atoms with Crippen molar-refractivity contribution in [2.24, 2.45) is 0 Å². The van der Waals surface area contributed by atoms with E-state index in [9.17, 15) is 9.90 Å². The number of carbonyl (C=O) groups excluding carboxylic acids is 1. The largest absolute Gasteiger partial charge is 0.485 e. The Bertz CT molecular complexity index is 433. The first-order chi connectivity index (χ1) is 8.58. The van der Waals surface area contributed by atoms with Crippen LogP contribution in [0.2, 0.25) is 0 Å². The number of rotatable bonds is 3. The van der Waals surface area contributed by atoms with Crippen LogP contribution in [0.5, 0.6) is 11.5 Å². The van der Waals surface area contributed by atoms with Gasteiger partial charge in [0.15, 0.2) is 11.5 Å². The molecule has 0 aromatic heterocycles. The molecule has 2 unspecified atom stereocenters. The molecule has 0 saturated carbocycles. The normalized spacial score (nSPS) is 19.2. The average Bonchev–Trinajstić information content (AvgIpc) is 2.36. The van der Waals surface area contributed by atoms with Crippen molar-refractivity contribution in [3.8, 4) is 11.5 Å². The molecule has 1 N–H and O–H groups in total. The standard InChI is InChI=1S/C13H17NO4/c1-9(15)7-14(2)13(16)12-8-17-10-5-3-4-6-11(10)18-12/h3-6,9,12,15H,7-8H2,1-2H3. The zero-order valence-corrected chi connectivity index (χ0v) is 10.5. The van der Waals surface area contributed by atoms with Crippen molar-refractivity contribution < 1.29 is 19.4 Å². The molecule has 2 rings (SSSR count). The molecule has 98 valence electrons. The highest BCUT2D eigenvalue weighted by atomic mass is 16.6. The van der Waals surface area contributed by atoms with Crippen LogP contribution in [0.1, 0.15) is 6.92 Å². The Labute approximate surface area is 106 Å². The van der Waals surface area contributed by atoms with Gasteiger partial charge in [-0.2, -0.15) is 0 Å². The number of hydrogen-bond donors (Lipinski definition) is 1. The molecule has 1 amide bonds. The highest BCUT2D eigenvalue weighted by Crippen LogP contribution is 2.31. The van der Waals surface area contributed by atoms with Crippen LogP contribution in [0.4, 0.5) is 0 Å². The lowest BCUT2D eigenvalue weighted by Crippen LogP contribution is -2.46. The van der Waals surface area contributed by atoms with Crippen LogP contribution in [0.3, 0.4) is 0 Å². The van der Waals surface area contributed by atoms with Crippen molar-refractivity contribution in [2.45, 2.75) is 19.1 Å². The zero-order chi connectivity index (χ0) is 13.1. The Morgan fingerprint density at radius 3 is 2.83 bits per heavy atom. The van der Waals surface area contributed by atoms with E-state index >= 15 is 0 Å². The molecule has 1 aromatic rings. The zero-order valence-electron chi connectivity index (χ0n) is 10.5. The number of nitrogens with zero attached hydrogens (tertiary/aromatic N) is 1. The number of ether oxygens (including phenoxy) is 2. The molecule has 0 fully saturated rings. The number of fused-ring (bicyclic) bond motifs is 1. The summed E-state index contributed by atoms with van der Waals surface area (Å²) in [5.74, 6) is 1.04. The quantitative estimate of drug-likeness (QED) is 0.857. The molecular formula is C13H17NO4. The highest BCUT2D eigenvalue weighted by Gasteiger charge is 2.29. The lowest BCUT2D eigenvalue weighted by Gasteiger charge is -2.29. The minimum atomic E-state index is -0.649. The summed E-state index contributed by atoms with van der Waals surface area (Å²) in [5.41, 5.74) is 0. The van der Waals surface area contributed by atoms with Gasteiger partial charge in [0.1, 0.15) is 6.61 Å². The number of benzene rings is 1. The van der Waals surface area contributed by atoms with Crippen molar-refractivity contribution in [1.82, 2.24) is 4.90 Å². The van der Waals surface area contributed by atoms with Crippen molar-refractivity contribution in [2.75, 3.05) is 20.2 Å². The molecule has 18 heavy (non-hydrogen) atoms. The van der Waals surface area contributed by atoms with Crippen LogP contribution in [0, 0.1) is 0 Å². The highest BCUT2D eigenvalue weighted by molar-refractivity contribution is 5.81. The molecule has 1 aliphatic rings. The molecule has 1 heterocycles. The van der Waals surface area contributed by atoms with E-state index in [0.717, 1.165) is 0 Å². The van der Waals surface area contributed by atoms with Crippen LogP contribution < -0.4 is 9.47 Å². The van der Waals surface area contributed by atoms with E-state index in [2.05, 4.69) is 0 Å². The van der Waals surface area contributed by atoms with Crippen LogP contribution in [0.15, 0.2) is 24.3 Å². The molecule has 0 saturated heterocycles. The second-order valence-corrected chi connectivity index (χ2v) is 4.43. The molecule has 0 bridgehead atoms. The summed E-state index contributed by atoms with van der Waals surface area (Å²) in [7, 11) is 1.64. The minimum absolute atomic E-state index is 0.189. The maximum atomic E-state index is 12.1. The van der Waals surface area contributed by atoms with Crippen molar-refractivity contribution in [3.63, 3.8) is 0 Å². The summed E-state index contributed by atoms with van der Waals surface area (Å²) in [6.07, 6.45) is -1.21. The summed E-state index contributed by atoms with van der Waals surface area (Å²) in [6.45, 7) is 2.11. The SMILES string of the molecule is CC(O)CN(C)C(=O)C1COc2ccccc2O1. The second kappa shape index (κ2) is 5.27. The topological polar surface area (TPSA) is 59.0 Å². The predicted octanol–water partition coefficient (Wildman–Crippen LogP) is 0.666. The van der Waals surface area contributed by atoms with Gasteiger partial charge in [-0.25, -0.2) is 0 Å². The van der Waals surface area contributed by atoms with Crippen molar-refractivity contribution in [1.29, 1.82) is 0 Å². The van der Waals surface area contributed by atoms with Crippen LogP contribution in [-0.4, -0.2) is 48.3 Å². The molecule has 5 nitrogen and oxygen atoms in total. The first-order valence-electron chi connectivity index (χ1n) is 5.89. The monoisotopic (exact) mass is 251 g/mol. The van der Waals surface area contributed by atoms with E-state index in [1.807, 2.05) is 12.1 Å². The lowest BCUT2D eigenvalue weighted by atomic mass is 10.2. The first kappa shape index (κ1) is 12.7. The first-order valence-corrected chi connectivity index (χ1v) is 5.89. The number of aliphatic hydroxyl groups is 1. The smallest absolute Gasteiger partial charge is 0.267 e. The van der Waals surface area contributed by atoms with Gasteiger partial charge >= 0.3 is 0 Å². The van der Waals surface area contributed by atoms with Gasteiger partial charge < -0.3 is 19.5 Å². The Balaban J connectivity index is 2.02. The Morgan fingerprint density at radius 2 is 2.17 bits per heavy atom. The summed E-state index contributed by atoms with van der Waals surface area (Å²) in [5, 5.41) is 9.26. The Morgan fingerprint density at radius 1 is 1.50 bits per heavy atom. The van der Waals surface area contributed by atoms with E-state index in [1.54, 1.807) is 26.1 Å². The van der Waals surface area contributed by atoms with Gasteiger partial charge in [0, 0.05) is 13.6 Å². The molecule has 1 aliphatic heterocycles. The Kier molecular flexibility index (Phi) is 3.72. The number of aliphatic hydroxyl groups excluding tert-OH is 1. The number of hydrogen-bond acceptors (Lipinski definition) is 4. The van der Waals surface area contributed by atoms with E-state index < -0.39 is 12.2 Å². The van der Waals surface area contributed by atoms with Crippen LogP contribution in [0.25, 0.3) is 0 Å². The fourth-order valence-corrected chi connectivity index (χ4v) is 1.87. The average molecular weight is 251 g/mol. The van der Waals surface area contributed by atoms with Crippen molar-refractivity contribution >= 4 is 5.91 Å². The number of likely N-dealkylation sites (N-methyl/N-ethyl adjacent to an activating group) is 1. The summed E-state index contributed by atoms with van der Waals surface area (Å²) in [4.78, 5) is 13.5. The van der Waals surface area contributed by atoms with Crippen LogP contribution >= 0.6 is 0 Å². The lowest BCUT2D eigenvalue weighted by molar-refractivity contribution is -0.141. The van der Waals surface area contributed by atoms with E-state index in [4.69, 9.17) is 9.47 Å². The third-order valence-corrected chi connectivity index (χ3v) is 2.70. The third kappa shape index (κ3) is 2.73. The third-order valence-electron chi connectivity index (χ3n) is 2.70. The summed E-state index contributed by atoms with van der Waals surface area (Å²) >= 11 is 0. The van der Waals surface area contributed by atoms with E-state index in [0.29, 0.717) is 11.5 Å². The number of amides is 1. The van der Waals surface area contributed by atoms with Gasteiger partial charge in [-0.1, -0.05) is 12.1 Å². The van der Waals surface area contributed by atoms with E-state index in [1.165, 1.54) is 4.90 Å². The van der Waals surface area contributed by atoms with Gasteiger partial charge in [-0.3, -0.25) is 4.79 Å². The van der Waals surface area contributed by atoms with Crippen molar-refractivity contribution in [3.05, 3.63) is 24.3 Å². The van der Waals surface area contributed by atoms with Gasteiger partial charge in [-0.15, -0.1) is 0 Å². The Hall–Kier alpha value is -1.75. The maximum absolute atomic E-state index is 12.1. The van der Waals surface area contributed by atoms with Gasteiger partial charge in [0.2, 0.25) is 6.10 Å². The summed E-state index contributed by atoms with van der Waals surface area (Å²) in [6, 6.07) is 7.25. The fraction of sp³-hybridized carbons (Fsp3) is 0.462.